The van der Waals surface area contributed by atoms with Gasteiger partial charge in [0.05, 0.1) is 19.8 Å². The molecule has 3 aromatic rings. The maximum atomic E-state index is 10.0. The minimum atomic E-state index is 0.0753. The molecule has 1 fully saturated rings. The van der Waals surface area contributed by atoms with Crippen LogP contribution in [0.5, 0.6) is 5.75 Å². The van der Waals surface area contributed by atoms with Crippen LogP contribution in [0.4, 0.5) is 5.69 Å². The van der Waals surface area contributed by atoms with E-state index < -0.39 is 0 Å². The van der Waals surface area contributed by atoms with Gasteiger partial charge in [-0.15, -0.1) is 0 Å². The van der Waals surface area contributed by atoms with E-state index >= 15 is 0 Å². The fourth-order valence-corrected chi connectivity index (χ4v) is 4.94. The van der Waals surface area contributed by atoms with Gasteiger partial charge in [0, 0.05) is 42.1 Å². The van der Waals surface area contributed by atoms with Gasteiger partial charge in [-0.3, -0.25) is 4.90 Å². The molecule has 3 atom stereocenters. The number of hydrogen-bond donors (Lipinski definition) is 2. The predicted octanol–water partition coefficient (Wildman–Crippen LogP) is 3.50. The van der Waals surface area contributed by atoms with Crippen molar-refractivity contribution in [2.24, 2.45) is 5.92 Å². The largest absolute Gasteiger partial charge is 0.497 e. The Morgan fingerprint density at radius 2 is 1.87 bits per heavy atom. The average molecular weight is 402 g/mol. The van der Waals surface area contributed by atoms with E-state index in [9.17, 15) is 5.11 Å². The van der Waals surface area contributed by atoms with Crippen LogP contribution in [-0.4, -0.2) is 46.3 Å². The number of methoxy groups -OCH3 is 1. The number of nitrogens with one attached hydrogen (secondary N) is 1. The van der Waals surface area contributed by atoms with Gasteiger partial charge in [0.1, 0.15) is 12.1 Å². The summed E-state index contributed by atoms with van der Waals surface area (Å²) in [4.78, 5) is 10.9. The van der Waals surface area contributed by atoms with Crippen molar-refractivity contribution in [3.63, 3.8) is 0 Å². The lowest BCUT2D eigenvalue weighted by Gasteiger charge is -2.39. The minimum Gasteiger partial charge on any atom is -0.497 e. The fourth-order valence-electron chi connectivity index (χ4n) is 4.94. The first-order valence-corrected chi connectivity index (χ1v) is 10.4. The van der Waals surface area contributed by atoms with Crippen molar-refractivity contribution >= 4 is 5.69 Å². The predicted molar refractivity (Wildman–Crippen MR) is 116 cm³/mol. The number of fused-ring (bicyclic) bond motifs is 3. The molecule has 154 valence electrons. The van der Waals surface area contributed by atoms with Crippen LogP contribution in [0.1, 0.15) is 23.6 Å². The zero-order chi connectivity index (χ0) is 20.5. The molecule has 0 radical (unpaired) electrons. The molecule has 30 heavy (non-hydrogen) atoms. The molecule has 2 N–H and O–H groups in total. The number of nitrogens with zero attached hydrogens (tertiary/aromatic N) is 3. The molecule has 0 amide bonds. The molecule has 0 saturated carbocycles. The lowest BCUT2D eigenvalue weighted by atomic mass is 9.82. The van der Waals surface area contributed by atoms with Gasteiger partial charge >= 0.3 is 0 Å². The van der Waals surface area contributed by atoms with Crippen LogP contribution in [0.2, 0.25) is 0 Å². The maximum absolute atomic E-state index is 10.0. The van der Waals surface area contributed by atoms with Gasteiger partial charge in [0.2, 0.25) is 0 Å². The van der Waals surface area contributed by atoms with E-state index in [0.717, 1.165) is 36.5 Å². The lowest BCUT2D eigenvalue weighted by Crippen LogP contribution is -2.41. The van der Waals surface area contributed by atoms with Crippen molar-refractivity contribution in [1.82, 2.24) is 14.9 Å². The van der Waals surface area contributed by atoms with Crippen LogP contribution < -0.4 is 10.1 Å². The van der Waals surface area contributed by atoms with E-state index in [2.05, 4.69) is 50.5 Å². The number of likely N-dealkylation sites (tertiary alicyclic amines) is 1. The van der Waals surface area contributed by atoms with Crippen LogP contribution in [0.25, 0.3) is 11.1 Å². The van der Waals surface area contributed by atoms with Gasteiger partial charge in [0.25, 0.3) is 0 Å². The molecule has 2 aliphatic rings. The van der Waals surface area contributed by atoms with Crippen LogP contribution >= 0.6 is 0 Å². The molecule has 1 saturated heterocycles. The summed E-state index contributed by atoms with van der Waals surface area (Å²) in [5.74, 6) is 1.23. The third-order valence-corrected chi connectivity index (χ3v) is 6.40. The van der Waals surface area contributed by atoms with E-state index in [0.29, 0.717) is 5.92 Å². The highest BCUT2D eigenvalue weighted by Crippen LogP contribution is 2.47. The molecular weight excluding hydrogens is 376 g/mol. The summed E-state index contributed by atoms with van der Waals surface area (Å²) in [5, 5.41) is 13.6. The van der Waals surface area contributed by atoms with E-state index in [1.54, 1.807) is 13.4 Å². The Morgan fingerprint density at radius 3 is 2.60 bits per heavy atom. The van der Waals surface area contributed by atoms with Gasteiger partial charge in [-0.2, -0.15) is 0 Å². The van der Waals surface area contributed by atoms with Crippen LogP contribution in [-0.2, 0) is 6.54 Å². The Balaban J connectivity index is 1.51. The number of aliphatic hydroxyl groups excluding tert-OH is 1. The minimum absolute atomic E-state index is 0.0753. The Labute approximate surface area is 176 Å². The van der Waals surface area contributed by atoms with Crippen molar-refractivity contribution in [2.45, 2.75) is 25.0 Å². The number of ether oxygens (including phenoxy) is 1. The Kier molecular flexibility index (Phi) is 5.11. The molecule has 3 heterocycles. The zero-order valence-electron chi connectivity index (χ0n) is 17.0. The highest BCUT2D eigenvalue weighted by molar-refractivity contribution is 5.70. The summed E-state index contributed by atoms with van der Waals surface area (Å²) in [6, 6.07) is 15.1. The van der Waals surface area contributed by atoms with E-state index in [1.165, 1.54) is 16.7 Å². The summed E-state index contributed by atoms with van der Waals surface area (Å²) in [6.07, 6.45) is 6.40. The highest BCUT2D eigenvalue weighted by atomic mass is 16.5. The van der Waals surface area contributed by atoms with Gasteiger partial charge in [-0.1, -0.05) is 18.2 Å². The molecule has 6 nitrogen and oxygen atoms in total. The number of rotatable bonds is 5. The van der Waals surface area contributed by atoms with E-state index in [-0.39, 0.29) is 18.7 Å². The molecule has 0 unspecified atom stereocenters. The first-order valence-electron chi connectivity index (χ1n) is 10.4. The molecule has 0 aliphatic carbocycles. The Morgan fingerprint density at radius 1 is 1.10 bits per heavy atom. The van der Waals surface area contributed by atoms with Gasteiger partial charge in [-0.05, 0) is 53.9 Å². The van der Waals surface area contributed by atoms with Crippen molar-refractivity contribution in [2.75, 3.05) is 25.6 Å². The summed E-state index contributed by atoms with van der Waals surface area (Å²) < 4.78 is 5.30. The third kappa shape index (κ3) is 3.42. The molecule has 6 heteroatoms. The molecule has 2 aromatic carbocycles. The number of benzene rings is 2. The molecule has 1 aromatic heterocycles. The summed E-state index contributed by atoms with van der Waals surface area (Å²) in [5.41, 5.74) is 5.89. The van der Waals surface area contributed by atoms with Gasteiger partial charge in [0.15, 0.2) is 0 Å². The first kappa shape index (κ1) is 19.0. The Hall–Kier alpha value is -2.96. The average Bonchev–Trinajstić information content (AvgIpc) is 3.23. The zero-order valence-corrected chi connectivity index (χ0v) is 17.0. The second-order valence-electron chi connectivity index (χ2n) is 8.08. The summed E-state index contributed by atoms with van der Waals surface area (Å²) in [6.45, 7) is 1.95. The van der Waals surface area contributed by atoms with Crippen LogP contribution in [0.15, 0.2) is 61.2 Å². The van der Waals surface area contributed by atoms with Crippen molar-refractivity contribution in [3.05, 3.63) is 72.3 Å². The number of aromatic nitrogens is 2. The molecule has 0 bridgehead atoms. The highest BCUT2D eigenvalue weighted by Gasteiger charge is 2.43. The molecule has 2 aliphatic heterocycles. The molecular formula is C24H26N4O2. The normalized spacial score (nSPS) is 22.8. The Bertz CT molecular complexity index is 1010. The lowest BCUT2D eigenvalue weighted by molar-refractivity contribution is 0.172. The number of aliphatic hydroxyl groups is 1. The second kappa shape index (κ2) is 8.05. The summed E-state index contributed by atoms with van der Waals surface area (Å²) >= 11 is 0. The van der Waals surface area contributed by atoms with Crippen molar-refractivity contribution in [3.8, 4) is 16.9 Å². The monoisotopic (exact) mass is 402 g/mol. The van der Waals surface area contributed by atoms with E-state index in [1.807, 2.05) is 24.5 Å². The fraction of sp³-hybridized carbons (Fsp3) is 0.333. The number of hydrogen-bond acceptors (Lipinski definition) is 6. The topological polar surface area (TPSA) is 70.5 Å². The van der Waals surface area contributed by atoms with Crippen molar-refractivity contribution < 1.29 is 9.84 Å². The number of anilines is 1. The third-order valence-electron chi connectivity index (χ3n) is 6.40. The van der Waals surface area contributed by atoms with E-state index in [4.69, 9.17) is 4.74 Å². The first-order chi connectivity index (χ1) is 14.8. The maximum Gasteiger partial charge on any atom is 0.118 e. The smallest absolute Gasteiger partial charge is 0.118 e. The van der Waals surface area contributed by atoms with Crippen LogP contribution in [0.3, 0.4) is 0 Å². The molecule has 0 spiro atoms. The second-order valence-corrected chi connectivity index (χ2v) is 8.08. The van der Waals surface area contributed by atoms with Gasteiger partial charge in [-0.25, -0.2) is 9.97 Å². The van der Waals surface area contributed by atoms with Crippen LogP contribution in [0, 0.1) is 5.92 Å². The quantitative estimate of drug-likeness (QED) is 0.681. The van der Waals surface area contributed by atoms with Crippen molar-refractivity contribution in [1.29, 1.82) is 0 Å². The van der Waals surface area contributed by atoms with Gasteiger partial charge < -0.3 is 15.2 Å². The molecule has 5 rings (SSSR count). The SMILES string of the molecule is COc1ccc(-c2ccc3c(c2)[C@H]2[C@H](CCN2Cc2cncnc2)[C@H](CO)N3)cc1. The summed E-state index contributed by atoms with van der Waals surface area (Å²) in [7, 11) is 1.68. The standard InChI is InChI=1S/C24H26N4O2/c1-30-19-5-2-17(3-6-19)18-4-7-22-21(10-18)24-20(23(14-29)27-22)8-9-28(24)13-16-11-25-15-26-12-16/h2-7,10-12,15,20,23-24,27,29H,8-9,13-14H2,1H3/t20-,23+,24-/m1/s1.